The molecule has 0 saturated heterocycles. The number of hydrogen-bond acceptors (Lipinski definition) is 6. The molecule has 2 aromatic heterocycles. The van der Waals surface area contributed by atoms with Crippen LogP contribution < -0.4 is 10.2 Å². The van der Waals surface area contributed by atoms with E-state index in [4.69, 9.17) is 9.97 Å². The van der Waals surface area contributed by atoms with Gasteiger partial charge in [0.1, 0.15) is 0 Å². The fourth-order valence-electron chi connectivity index (χ4n) is 5.44. The summed E-state index contributed by atoms with van der Waals surface area (Å²) in [4.78, 5) is 26.6. The van der Waals surface area contributed by atoms with Crippen LogP contribution in [-0.4, -0.2) is 22.4 Å². The minimum atomic E-state index is -4.49. The molecule has 47 heavy (non-hydrogen) atoms. The fraction of sp³-hybridized carbons (Fsp3) is 0.265. The molecule has 3 aromatic carbocycles. The number of nitrogens with one attached hydrogen (secondary N) is 1. The molecular formula is C34H28F6N4OS2. The monoisotopic (exact) mass is 686 g/mol. The molecule has 244 valence electrons. The van der Waals surface area contributed by atoms with Gasteiger partial charge in [-0.05, 0) is 73.3 Å². The van der Waals surface area contributed by atoms with E-state index >= 15 is 0 Å². The van der Waals surface area contributed by atoms with Crippen molar-refractivity contribution in [2.75, 3.05) is 11.4 Å². The molecule has 1 aliphatic rings. The second-order valence-corrected chi connectivity index (χ2v) is 13.7. The molecule has 0 saturated carbocycles. The maximum absolute atomic E-state index is 14.3. The number of rotatable bonds is 7. The Morgan fingerprint density at radius 2 is 1.30 bits per heavy atom. The SMILES string of the molecule is Cc1sc(N(C(=O)c2ccc3c(c2)CCNC3)c2nc(Cc3cccc(C(F)(F)F)c3)c(C)s2)nc1Cc1cccc(C(F)(F)F)c1. The minimum absolute atomic E-state index is 0.123. The van der Waals surface area contributed by atoms with E-state index in [0.29, 0.717) is 44.9 Å². The zero-order valence-electron chi connectivity index (χ0n) is 25.2. The second kappa shape index (κ2) is 12.9. The van der Waals surface area contributed by atoms with Crippen LogP contribution in [0.3, 0.4) is 0 Å². The Hall–Kier alpha value is -4.07. The lowest BCUT2D eigenvalue weighted by atomic mass is 9.98. The largest absolute Gasteiger partial charge is 0.416 e. The normalized spacial score (nSPS) is 13.4. The van der Waals surface area contributed by atoms with Gasteiger partial charge in [0.25, 0.3) is 5.91 Å². The summed E-state index contributed by atoms with van der Waals surface area (Å²) in [5.74, 6) is -0.384. The Morgan fingerprint density at radius 3 is 1.81 bits per heavy atom. The van der Waals surface area contributed by atoms with E-state index < -0.39 is 23.5 Å². The number of amides is 1. The first-order valence-corrected chi connectivity index (χ1v) is 16.3. The molecule has 13 heteroatoms. The van der Waals surface area contributed by atoms with Gasteiger partial charge in [-0.25, -0.2) is 14.9 Å². The summed E-state index contributed by atoms with van der Waals surface area (Å²) in [5.41, 5.74) is 2.96. The number of halogens is 6. The predicted molar refractivity (Wildman–Crippen MR) is 171 cm³/mol. The average Bonchev–Trinajstić information content (AvgIpc) is 3.56. The van der Waals surface area contributed by atoms with Crippen molar-refractivity contribution in [2.24, 2.45) is 0 Å². The summed E-state index contributed by atoms with van der Waals surface area (Å²) < 4.78 is 80.2. The summed E-state index contributed by atoms with van der Waals surface area (Å²) in [7, 11) is 0. The highest BCUT2D eigenvalue weighted by molar-refractivity contribution is 7.18. The predicted octanol–water partition coefficient (Wildman–Crippen LogP) is 9.06. The number of aromatic nitrogens is 2. The van der Waals surface area contributed by atoms with Crippen molar-refractivity contribution < 1.29 is 31.1 Å². The first-order valence-electron chi connectivity index (χ1n) is 14.7. The molecule has 0 aliphatic carbocycles. The van der Waals surface area contributed by atoms with E-state index in [9.17, 15) is 31.1 Å². The van der Waals surface area contributed by atoms with Gasteiger partial charge in [0, 0.05) is 34.7 Å². The molecule has 0 spiro atoms. The van der Waals surface area contributed by atoms with E-state index in [0.717, 1.165) is 58.1 Å². The fourth-order valence-corrected chi connectivity index (χ4v) is 7.35. The van der Waals surface area contributed by atoms with Gasteiger partial charge in [-0.2, -0.15) is 26.3 Å². The van der Waals surface area contributed by atoms with Crippen LogP contribution in [0.1, 0.15) is 64.9 Å². The van der Waals surface area contributed by atoms with Crippen molar-refractivity contribution in [3.8, 4) is 0 Å². The molecule has 0 radical (unpaired) electrons. The lowest BCUT2D eigenvalue weighted by Gasteiger charge is -2.20. The van der Waals surface area contributed by atoms with Crippen molar-refractivity contribution in [1.82, 2.24) is 15.3 Å². The molecular weight excluding hydrogens is 659 g/mol. The Balaban J connectivity index is 1.38. The van der Waals surface area contributed by atoms with Crippen molar-refractivity contribution in [3.05, 3.63) is 127 Å². The van der Waals surface area contributed by atoms with E-state index in [1.54, 1.807) is 32.0 Å². The highest BCUT2D eigenvalue weighted by atomic mass is 32.1. The number of carbonyl (C=O) groups is 1. The summed E-state index contributed by atoms with van der Waals surface area (Å²) in [6.07, 6.45) is -7.97. The highest BCUT2D eigenvalue weighted by Crippen LogP contribution is 2.39. The molecule has 0 fully saturated rings. The number of thiazole rings is 2. The lowest BCUT2D eigenvalue weighted by molar-refractivity contribution is -0.138. The van der Waals surface area contributed by atoms with Gasteiger partial charge in [0.05, 0.1) is 22.5 Å². The number of aryl methyl sites for hydroxylation is 2. The Morgan fingerprint density at radius 1 is 0.766 bits per heavy atom. The van der Waals surface area contributed by atoms with Crippen molar-refractivity contribution in [1.29, 1.82) is 0 Å². The molecule has 1 amide bonds. The smallest absolute Gasteiger partial charge is 0.312 e. The van der Waals surface area contributed by atoms with Crippen LogP contribution in [0.25, 0.3) is 0 Å². The third-order valence-electron chi connectivity index (χ3n) is 7.94. The maximum atomic E-state index is 14.3. The Labute approximate surface area is 274 Å². The molecule has 3 heterocycles. The van der Waals surface area contributed by atoms with Gasteiger partial charge in [-0.3, -0.25) is 4.79 Å². The first-order chi connectivity index (χ1) is 22.3. The summed E-state index contributed by atoms with van der Waals surface area (Å²) >= 11 is 2.45. The number of anilines is 2. The van der Waals surface area contributed by atoms with Crippen LogP contribution >= 0.6 is 22.7 Å². The van der Waals surface area contributed by atoms with Gasteiger partial charge in [-0.1, -0.05) is 42.5 Å². The van der Waals surface area contributed by atoms with Crippen molar-refractivity contribution >= 4 is 38.8 Å². The first kappa shape index (κ1) is 32.9. The standard InChI is InChI=1S/C34H28F6N4OS2/c1-19-28(15-21-5-3-7-26(13-21)33(35,36)37)42-31(46-19)44(30(45)24-9-10-25-18-41-12-11-23(25)17-24)32-43-29(20(2)47-32)16-22-6-4-8-27(14-22)34(38,39)40/h3-10,13-14,17,41H,11-12,15-16,18H2,1-2H3. The highest BCUT2D eigenvalue weighted by Gasteiger charge is 2.32. The Bertz CT molecular complexity index is 1840. The topological polar surface area (TPSA) is 58.1 Å². The van der Waals surface area contributed by atoms with E-state index in [1.165, 1.54) is 39.7 Å². The molecule has 5 aromatic rings. The molecule has 0 atom stereocenters. The lowest BCUT2D eigenvalue weighted by Crippen LogP contribution is -2.27. The quantitative estimate of drug-likeness (QED) is 0.174. The van der Waals surface area contributed by atoms with Crippen LogP contribution in [0.4, 0.5) is 36.6 Å². The second-order valence-electron chi connectivity index (χ2n) is 11.3. The van der Waals surface area contributed by atoms with Gasteiger partial charge < -0.3 is 5.32 Å². The molecule has 1 aliphatic heterocycles. The van der Waals surface area contributed by atoms with Crippen LogP contribution in [-0.2, 0) is 38.2 Å². The van der Waals surface area contributed by atoms with E-state index in [-0.39, 0.29) is 18.7 Å². The van der Waals surface area contributed by atoms with Gasteiger partial charge in [-0.15, -0.1) is 22.7 Å². The van der Waals surface area contributed by atoms with Gasteiger partial charge in [0.2, 0.25) is 0 Å². The molecule has 0 bridgehead atoms. The molecule has 5 nitrogen and oxygen atoms in total. The third-order valence-corrected chi connectivity index (χ3v) is 9.94. The molecule has 0 unspecified atom stereocenters. The molecule has 6 rings (SSSR count). The average molecular weight is 687 g/mol. The number of fused-ring (bicyclic) bond motifs is 1. The van der Waals surface area contributed by atoms with Crippen LogP contribution in [0.15, 0.2) is 66.7 Å². The molecule has 1 N–H and O–H groups in total. The third kappa shape index (κ3) is 7.26. The number of benzene rings is 3. The van der Waals surface area contributed by atoms with Crippen molar-refractivity contribution in [2.45, 2.75) is 52.0 Å². The zero-order chi connectivity index (χ0) is 33.5. The van der Waals surface area contributed by atoms with E-state index in [2.05, 4.69) is 5.32 Å². The maximum Gasteiger partial charge on any atom is 0.416 e. The van der Waals surface area contributed by atoms with Gasteiger partial charge in [0.15, 0.2) is 10.3 Å². The summed E-state index contributed by atoms with van der Waals surface area (Å²) in [5, 5.41) is 3.91. The Kier molecular flexibility index (Phi) is 8.98. The van der Waals surface area contributed by atoms with E-state index in [1.807, 2.05) is 12.1 Å². The number of nitrogens with zero attached hydrogens (tertiary/aromatic N) is 3. The summed E-state index contributed by atoms with van der Waals surface area (Å²) in [6.45, 7) is 5.07. The zero-order valence-corrected chi connectivity index (χ0v) is 26.9. The number of alkyl halides is 6. The number of hydrogen-bond donors (Lipinski definition) is 1. The minimum Gasteiger partial charge on any atom is -0.312 e. The van der Waals surface area contributed by atoms with Crippen LogP contribution in [0.2, 0.25) is 0 Å². The number of carbonyl (C=O) groups excluding carboxylic acids is 1. The van der Waals surface area contributed by atoms with Crippen molar-refractivity contribution in [3.63, 3.8) is 0 Å². The summed E-state index contributed by atoms with van der Waals surface area (Å²) in [6, 6.07) is 15.6. The van der Waals surface area contributed by atoms with Crippen LogP contribution in [0.5, 0.6) is 0 Å². The van der Waals surface area contributed by atoms with Gasteiger partial charge >= 0.3 is 12.4 Å². The van der Waals surface area contributed by atoms with Crippen LogP contribution in [0, 0.1) is 13.8 Å².